The van der Waals surface area contributed by atoms with E-state index in [-0.39, 0.29) is 12.6 Å². The number of nitrogens with one attached hydrogen (secondary N) is 1. The van der Waals surface area contributed by atoms with Crippen LogP contribution < -0.4 is 5.32 Å². The molecule has 1 N–H and O–H groups in total. The van der Waals surface area contributed by atoms with E-state index in [0.717, 1.165) is 5.56 Å². The first-order valence-electron chi connectivity index (χ1n) is 5.99. The second-order valence-corrected chi connectivity index (χ2v) is 4.89. The summed E-state index contributed by atoms with van der Waals surface area (Å²) in [5.41, 5.74) is 0.823. The molecule has 20 heavy (non-hydrogen) atoms. The van der Waals surface area contributed by atoms with Gasteiger partial charge in [-0.3, -0.25) is 4.79 Å². The van der Waals surface area contributed by atoms with Gasteiger partial charge in [0.15, 0.2) is 0 Å². The van der Waals surface area contributed by atoms with Gasteiger partial charge in [-0.2, -0.15) is 13.2 Å². The van der Waals surface area contributed by atoms with Crippen molar-refractivity contribution in [3.8, 4) is 0 Å². The zero-order valence-corrected chi connectivity index (χ0v) is 11.9. The van der Waals surface area contributed by atoms with Crippen molar-refractivity contribution in [3.63, 3.8) is 0 Å². The van der Waals surface area contributed by atoms with E-state index >= 15 is 0 Å². The number of rotatable bonds is 5. The normalized spacial score (nSPS) is 13.1. The van der Waals surface area contributed by atoms with Gasteiger partial charge in [-0.1, -0.05) is 23.7 Å². The van der Waals surface area contributed by atoms with E-state index in [0.29, 0.717) is 5.02 Å². The van der Waals surface area contributed by atoms with Crippen molar-refractivity contribution in [3.05, 3.63) is 34.9 Å². The van der Waals surface area contributed by atoms with Crippen LogP contribution in [-0.2, 0) is 4.79 Å². The van der Waals surface area contributed by atoms with Gasteiger partial charge >= 0.3 is 6.18 Å². The van der Waals surface area contributed by atoms with Gasteiger partial charge in [-0.25, -0.2) is 0 Å². The zero-order chi connectivity index (χ0) is 15.3. The molecule has 0 radical (unpaired) electrons. The molecule has 0 heterocycles. The molecule has 0 aliphatic carbocycles. The van der Waals surface area contributed by atoms with Crippen molar-refractivity contribution in [2.75, 3.05) is 20.1 Å². The van der Waals surface area contributed by atoms with Gasteiger partial charge in [0.1, 0.15) is 0 Å². The highest BCUT2D eigenvalue weighted by molar-refractivity contribution is 6.30. The Morgan fingerprint density at radius 1 is 1.45 bits per heavy atom. The number of alkyl halides is 3. The van der Waals surface area contributed by atoms with E-state index in [1.54, 1.807) is 32.2 Å². The summed E-state index contributed by atoms with van der Waals surface area (Å²) in [6.07, 6.45) is -4.32. The topological polar surface area (TPSA) is 32.3 Å². The number of halogens is 4. The third kappa shape index (κ3) is 5.38. The largest absolute Gasteiger partial charge is 0.401 e. The van der Waals surface area contributed by atoms with Crippen molar-refractivity contribution in [2.24, 2.45) is 0 Å². The molecule has 0 fully saturated rings. The van der Waals surface area contributed by atoms with Crippen molar-refractivity contribution in [2.45, 2.75) is 19.1 Å². The maximum Gasteiger partial charge on any atom is 0.401 e. The van der Waals surface area contributed by atoms with Crippen molar-refractivity contribution in [1.29, 1.82) is 0 Å². The Morgan fingerprint density at radius 3 is 2.65 bits per heavy atom. The number of carbonyl (C=O) groups is 1. The molecule has 1 aromatic rings. The lowest BCUT2D eigenvalue weighted by atomic mass is 10.1. The van der Waals surface area contributed by atoms with Gasteiger partial charge in [0, 0.05) is 12.1 Å². The minimum absolute atomic E-state index is 0.270. The molecule has 0 saturated heterocycles. The third-order valence-corrected chi connectivity index (χ3v) is 3.14. The summed E-state index contributed by atoms with van der Waals surface area (Å²) in [7, 11) is 1.54. The first kappa shape index (κ1) is 16.8. The lowest BCUT2D eigenvalue weighted by molar-refractivity contribution is -0.134. The Morgan fingerprint density at radius 2 is 2.10 bits per heavy atom. The Labute approximate surface area is 120 Å². The number of benzene rings is 1. The average Bonchev–Trinajstić information content (AvgIpc) is 2.35. The highest BCUT2D eigenvalue weighted by atomic mass is 35.5. The lowest BCUT2D eigenvalue weighted by Gasteiger charge is -2.25. The van der Waals surface area contributed by atoms with E-state index in [4.69, 9.17) is 11.6 Å². The molecular weight excluding hydrogens is 293 g/mol. The van der Waals surface area contributed by atoms with E-state index in [1.807, 2.05) is 6.07 Å². The van der Waals surface area contributed by atoms with E-state index in [2.05, 4.69) is 5.32 Å². The van der Waals surface area contributed by atoms with Crippen molar-refractivity contribution >= 4 is 17.5 Å². The molecule has 112 valence electrons. The minimum Gasteiger partial charge on any atom is -0.338 e. The fourth-order valence-corrected chi connectivity index (χ4v) is 1.84. The average molecular weight is 309 g/mol. The molecule has 1 aromatic carbocycles. The number of amides is 1. The fourth-order valence-electron chi connectivity index (χ4n) is 1.64. The van der Waals surface area contributed by atoms with Crippen LogP contribution in [0.2, 0.25) is 5.02 Å². The van der Waals surface area contributed by atoms with Gasteiger partial charge < -0.3 is 10.2 Å². The van der Waals surface area contributed by atoms with Crippen LogP contribution in [0.4, 0.5) is 13.2 Å². The molecule has 0 bridgehead atoms. The summed E-state index contributed by atoms with van der Waals surface area (Å²) in [6, 6.07) is 6.73. The number of nitrogens with zero attached hydrogens (tertiary/aromatic N) is 1. The molecule has 1 atom stereocenters. The summed E-state index contributed by atoms with van der Waals surface area (Å²) in [4.78, 5) is 13.2. The molecule has 0 aromatic heterocycles. The predicted octanol–water partition coefficient (Wildman–Crippen LogP) is 3.01. The Bertz CT molecular complexity index is 465. The SMILES string of the molecule is CC(c1cccc(Cl)c1)N(C)C(=O)CNCC(F)(F)F. The Hall–Kier alpha value is -1.27. The molecule has 0 spiro atoms. The summed E-state index contributed by atoms with van der Waals surface area (Å²) in [5, 5.41) is 2.63. The quantitative estimate of drug-likeness (QED) is 0.907. The fraction of sp³-hybridized carbons (Fsp3) is 0.462. The standard InChI is InChI=1S/C13H16ClF3N2O/c1-9(10-4-3-5-11(14)6-10)19(2)12(20)7-18-8-13(15,16)17/h3-6,9,18H,7-8H2,1-2H3. The van der Waals surface area contributed by atoms with Crippen LogP contribution >= 0.6 is 11.6 Å². The van der Waals surface area contributed by atoms with Crippen LogP contribution in [0.25, 0.3) is 0 Å². The van der Waals surface area contributed by atoms with Gasteiger partial charge in [0.2, 0.25) is 5.91 Å². The second-order valence-electron chi connectivity index (χ2n) is 4.45. The number of carbonyl (C=O) groups excluding carboxylic acids is 1. The molecule has 1 rings (SSSR count). The van der Waals surface area contributed by atoms with Crippen LogP contribution in [-0.4, -0.2) is 37.1 Å². The summed E-state index contributed by atoms with van der Waals surface area (Å²) >= 11 is 5.87. The predicted molar refractivity (Wildman–Crippen MR) is 71.6 cm³/mol. The number of hydrogen-bond donors (Lipinski definition) is 1. The van der Waals surface area contributed by atoms with Gasteiger partial charge in [-0.15, -0.1) is 0 Å². The zero-order valence-electron chi connectivity index (χ0n) is 11.2. The monoisotopic (exact) mass is 308 g/mol. The smallest absolute Gasteiger partial charge is 0.338 e. The van der Waals surface area contributed by atoms with Crippen LogP contribution in [0, 0.1) is 0 Å². The molecule has 0 aliphatic rings. The van der Waals surface area contributed by atoms with E-state index in [1.165, 1.54) is 4.90 Å². The molecule has 0 aliphatic heterocycles. The van der Waals surface area contributed by atoms with E-state index < -0.39 is 18.6 Å². The first-order valence-corrected chi connectivity index (χ1v) is 6.37. The van der Waals surface area contributed by atoms with Gasteiger partial charge in [-0.05, 0) is 24.6 Å². The maximum absolute atomic E-state index is 12.0. The highest BCUT2D eigenvalue weighted by Crippen LogP contribution is 2.21. The number of likely N-dealkylation sites (N-methyl/N-ethyl adjacent to an activating group) is 1. The first-order chi connectivity index (χ1) is 9.20. The molecule has 1 unspecified atom stereocenters. The van der Waals surface area contributed by atoms with Crippen molar-refractivity contribution < 1.29 is 18.0 Å². The van der Waals surface area contributed by atoms with Gasteiger partial charge in [0.25, 0.3) is 0 Å². The lowest BCUT2D eigenvalue weighted by Crippen LogP contribution is -2.40. The van der Waals surface area contributed by atoms with E-state index in [9.17, 15) is 18.0 Å². The summed E-state index contributed by atoms with van der Waals surface area (Å²) in [6.45, 7) is 0.242. The van der Waals surface area contributed by atoms with Gasteiger partial charge in [0.05, 0.1) is 19.1 Å². The maximum atomic E-state index is 12.0. The second kappa shape index (κ2) is 6.95. The van der Waals surface area contributed by atoms with Crippen LogP contribution in [0.3, 0.4) is 0 Å². The molecule has 0 saturated carbocycles. The van der Waals surface area contributed by atoms with Crippen LogP contribution in [0.5, 0.6) is 0 Å². The molecule has 1 amide bonds. The number of hydrogen-bond acceptors (Lipinski definition) is 2. The Balaban J connectivity index is 2.56. The highest BCUT2D eigenvalue weighted by Gasteiger charge is 2.27. The Kier molecular flexibility index (Phi) is 5.83. The molecule has 7 heteroatoms. The minimum atomic E-state index is -4.32. The summed E-state index contributed by atoms with van der Waals surface area (Å²) in [5.74, 6) is -0.415. The third-order valence-electron chi connectivity index (χ3n) is 2.91. The summed E-state index contributed by atoms with van der Waals surface area (Å²) < 4.78 is 35.9. The van der Waals surface area contributed by atoms with Crippen LogP contribution in [0.1, 0.15) is 18.5 Å². The molecular formula is C13H16ClF3N2O. The molecule has 3 nitrogen and oxygen atoms in total. The van der Waals surface area contributed by atoms with Crippen molar-refractivity contribution in [1.82, 2.24) is 10.2 Å². The van der Waals surface area contributed by atoms with Crippen LogP contribution in [0.15, 0.2) is 24.3 Å².